The topological polar surface area (TPSA) is 42.0 Å². The number of nitrogens with one attached hydrogen (secondary N) is 1. The quantitative estimate of drug-likeness (QED) is 0.527. The molecule has 1 aromatic heterocycles. The first-order chi connectivity index (χ1) is 7.93. The van der Waals surface area contributed by atoms with Crippen molar-refractivity contribution < 1.29 is 9.18 Å². The molecule has 94 valence electrons. The number of carbonyl (C=O) groups excluding carboxylic acids is 1. The van der Waals surface area contributed by atoms with E-state index in [1.165, 1.54) is 0 Å². The van der Waals surface area contributed by atoms with E-state index < -0.39 is 21.7 Å². The highest BCUT2D eigenvalue weighted by molar-refractivity contribution is 8.00. The standard InChI is InChI=1S/C9H8Cl3FN2OS/c10-9(11,12)8(15-6(16)5-13)17-7-3-1-2-4-14-7/h1-4,8H,5H2,(H,15,16). The number of halogens is 4. The zero-order chi connectivity index (χ0) is 12.9. The molecular formula is C9H8Cl3FN2OS. The molecule has 1 aromatic rings. The van der Waals surface area contributed by atoms with Crippen LogP contribution in [-0.4, -0.2) is 26.7 Å². The molecule has 0 spiro atoms. The van der Waals surface area contributed by atoms with Gasteiger partial charge in [0, 0.05) is 6.20 Å². The number of rotatable bonds is 4. The molecule has 0 saturated carbocycles. The second kappa shape index (κ2) is 6.64. The van der Waals surface area contributed by atoms with Crippen molar-refractivity contribution in [1.29, 1.82) is 0 Å². The number of alkyl halides is 4. The number of hydrogen-bond acceptors (Lipinski definition) is 3. The van der Waals surface area contributed by atoms with E-state index in [0.29, 0.717) is 5.03 Å². The monoisotopic (exact) mass is 316 g/mol. The van der Waals surface area contributed by atoms with E-state index in [9.17, 15) is 9.18 Å². The zero-order valence-electron chi connectivity index (χ0n) is 8.37. The summed E-state index contributed by atoms with van der Waals surface area (Å²) >= 11 is 18.1. The predicted octanol–water partition coefficient (Wildman–Crippen LogP) is 2.96. The average Bonchev–Trinajstić information content (AvgIpc) is 2.28. The van der Waals surface area contributed by atoms with Crippen molar-refractivity contribution in [3.63, 3.8) is 0 Å². The van der Waals surface area contributed by atoms with Crippen LogP contribution in [0.3, 0.4) is 0 Å². The van der Waals surface area contributed by atoms with E-state index in [0.717, 1.165) is 11.8 Å². The molecule has 0 radical (unpaired) electrons. The number of nitrogens with zero attached hydrogens (tertiary/aromatic N) is 1. The lowest BCUT2D eigenvalue weighted by molar-refractivity contribution is -0.122. The highest BCUT2D eigenvalue weighted by atomic mass is 35.6. The van der Waals surface area contributed by atoms with Crippen molar-refractivity contribution in [2.24, 2.45) is 0 Å². The summed E-state index contributed by atoms with van der Waals surface area (Å²) in [7, 11) is 0. The highest BCUT2D eigenvalue weighted by Crippen LogP contribution is 2.38. The number of thioether (sulfide) groups is 1. The molecule has 17 heavy (non-hydrogen) atoms. The van der Waals surface area contributed by atoms with Gasteiger partial charge in [-0.05, 0) is 12.1 Å². The predicted molar refractivity (Wildman–Crippen MR) is 68.3 cm³/mol. The summed E-state index contributed by atoms with van der Waals surface area (Å²) in [5.74, 6) is -0.843. The molecule has 0 aliphatic heterocycles. The number of amides is 1. The van der Waals surface area contributed by atoms with E-state index in [4.69, 9.17) is 34.8 Å². The van der Waals surface area contributed by atoms with Crippen LogP contribution in [0.4, 0.5) is 4.39 Å². The fraction of sp³-hybridized carbons (Fsp3) is 0.333. The van der Waals surface area contributed by atoms with Gasteiger partial charge >= 0.3 is 0 Å². The Bertz CT molecular complexity index is 374. The minimum atomic E-state index is -1.76. The first-order valence-corrected chi connectivity index (χ1v) is 6.44. The SMILES string of the molecule is O=C(CF)NC(Sc1ccccn1)C(Cl)(Cl)Cl. The Labute approximate surface area is 117 Å². The van der Waals surface area contributed by atoms with Gasteiger partial charge in [0.2, 0.25) is 3.79 Å². The molecular weight excluding hydrogens is 310 g/mol. The zero-order valence-corrected chi connectivity index (χ0v) is 11.5. The number of aromatic nitrogens is 1. The molecule has 3 nitrogen and oxygen atoms in total. The van der Waals surface area contributed by atoms with E-state index in [-0.39, 0.29) is 0 Å². The largest absolute Gasteiger partial charge is 0.338 e. The second-order valence-corrected chi connectivity index (χ2v) is 6.40. The van der Waals surface area contributed by atoms with E-state index in [1.54, 1.807) is 24.4 Å². The minimum Gasteiger partial charge on any atom is -0.338 e. The van der Waals surface area contributed by atoms with Crippen LogP contribution in [-0.2, 0) is 4.79 Å². The highest BCUT2D eigenvalue weighted by Gasteiger charge is 2.35. The maximum absolute atomic E-state index is 12.1. The normalized spacial score (nSPS) is 13.2. The average molecular weight is 318 g/mol. The van der Waals surface area contributed by atoms with Gasteiger partial charge in [-0.25, -0.2) is 9.37 Å². The number of carbonyl (C=O) groups is 1. The van der Waals surface area contributed by atoms with Crippen LogP contribution >= 0.6 is 46.6 Å². The Morgan fingerprint density at radius 3 is 2.71 bits per heavy atom. The number of pyridine rings is 1. The van der Waals surface area contributed by atoms with Crippen molar-refractivity contribution in [3.8, 4) is 0 Å². The van der Waals surface area contributed by atoms with Crippen molar-refractivity contribution >= 4 is 52.5 Å². The van der Waals surface area contributed by atoms with E-state index in [2.05, 4.69) is 10.3 Å². The summed E-state index contributed by atoms with van der Waals surface area (Å²) in [6.45, 7) is -1.17. The van der Waals surface area contributed by atoms with Crippen LogP contribution in [0.1, 0.15) is 0 Å². The first-order valence-electron chi connectivity index (χ1n) is 4.43. The fourth-order valence-corrected chi connectivity index (χ4v) is 2.31. The van der Waals surface area contributed by atoms with Crippen LogP contribution in [0.2, 0.25) is 0 Å². The van der Waals surface area contributed by atoms with E-state index >= 15 is 0 Å². The van der Waals surface area contributed by atoms with Gasteiger partial charge in [0.15, 0.2) is 6.67 Å². The molecule has 0 aliphatic carbocycles. The maximum atomic E-state index is 12.1. The number of hydrogen-bond donors (Lipinski definition) is 1. The van der Waals surface area contributed by atoms with Gasteiger partial charge in [-0.15, -0.1) is 0 Å². The molecule has 0 aromatic carbocycles. The van der Waals surface area contributed by atoms with E-state index in [1.807, 2.05) is 0 Å². The summed E-state index contributed by atoms with van der Waals surface area (Å²) in [6, 6.07) is 5.17. The molecule has 1 rings (SSSR count). The van der Waals surface area contributed by atoms with Crippen LogP contribution in [0.5, 0.6) is 0 Å². The lowest BCUT2D eigenvalue weighted by Gasteiger charge is -2.23. The summed E-state index contributed by atoms with van der Waals surface area (Å²) in [5, 5.41) is 1.92. The summed E-state index contributed by atoms with van der Waals surface area (Å²) in [4.78, 5) is 15.0. The van der Waals surface area contributed by atoms with Gasteiger partial charge in [0.05, 0.1) is 5.03 Å². The smallest absolute Gasteiger partial charge is 0.252 e. The van der Waals surface area contributed by atoms with Gasteiger partial charge < -0.3 is 5.32 Å². The molecule has 0 bridgehead atoms. The molecule has 1 unspecified atom stereocenters. The first kappa shape index (κ1) is 14.8. The van der Waals surface area contributed by atoms with Gasteiger partial charge in [-0.3, -0.25) is 4.79 Å². The third kappa shape index (κ3) is 5.29. The Kier molecular flexibility index (Phi) is 5.79. The Balaban J connectivity index is 2.75. The maximum Gasteiger partial charge on any atom is 0.252 e. The van der Waals surface area contributed by atoms with Gasteiger partial charge in [0.25, 0.3) is 5.91 Å². The summed E-state index contributed by atoms with van der Waals surface area (Å²) in [6.07, 6.45) is 1.56. The molecule has 1 amide bonds. The second-order valence-electron chi connectivity index (χ2n) is 2.91. The van der Waals surface area contributed by atoms with Crippen molar-refractivity contribution in [1.82, 2.24) is 10.3 Å². The van der Waals surface area contributed by atoms with Crippen molar-refractivity contribution in [3.05, 3.63) is 24.4 Å². The van der Waals surface area contributed by atoms with Gasteiger partial charge in [-0.2, -0.15) is 0 Å². The van der Waals surface area contributed by atoms with Gasteiger partial charge in [-0.1, -0.05) is 52.6 Å². The Morgan fingerprint density at radius 2 is 2.24 bits per heavy atom. The Morgan fingerprint density at radius 1 is 1.53 bits per heavy atom. The minimum absolute atomic E-state index is 0.558. The van der Waals surface area contributed by atoms with Crippen LogP contribution < -0.4 is 5.32 Å². The third-order valence-corrected chi connectivity index (χ3v) is 3.82. The van der Waals surface area contributed by atoms with Crippen molar-refractivity contribution in [2.45, 2.75) is 14.2 Å². The fourth-order valence-electron chi connectivity index (χ4n) is 0.900. The summed E-state index contributed by atoms with van der Waals surface area (Å²) < 4.78 is 10.4. The summed E-state index contributed by atoms with van der Waals surface area (Å²) in [5.41, 5.74) is 0. The van der Waals surface area contributed by atoms with Crippen LogP contribution in [0.25, 0.3) is 0 Å². The van der Waals surface area contributed by atoms with Crippen LogP contribution in [0, 0.1) is 0 Å². The lowest BCUT2D eigenvalue weighted by Crippen LogP contribution is -2.42. The molecule has 0 fully saturated rings. The third-order valence-electron chi connectivity index (χ3n) is 1.59. The molecule has 1 atom stereocenters. The molecule has 0 saturated heterocycles. The lowest BCUT2D eigenvalue weighted by atomic mass is 10.5. The molecule has 1 N–H and O–H groups in total. The molecule has 1 heterocycles. The molecule has 0 aliphatic rings. The van der Waals surface area contributed by atoms with Crippen molar-refractivity contribution in [2.75, 3.05) is 6.67 Å². The molecule has 8 heteroatoms. The van der Waals surface area contributed by atoms with Crippen LogP contribution in [0.15, 0.2) is 29.4 Å². The van der Waals surface area contributed by atoms with Gasteiger partial charge in [0.1, 0.15) is 5.37 Å². The Hall–Kier alpha value is -0.230.